The van der Waals surface area contributed by atoms with Crippen molar-refractivity contribution in [1.82, 2.24) is 10.7 Å². The summed E-state index contributed by atoms with van der Waals surface area (Å²) in [6, 6.07) is 0. The van der Waals surface area contributed by atoms with E-state index in [0.717, 1.165) is 19.4 Å². The predicted octanol–water partition coefficient (Wildman–Crippen LogP) is 1.40. The third kappa shape index (κ3) is 3.17. The molecule has 1 saturated carbocycles. The lowest BCUT2D eigenvalue weighted by Gasteiger charge is -2.03. The first-order valence-corrected chi connectivity index (χ1v) is 4.83. The predicted molar refractivity (Wildman–Crippen MR) is 55.3 cm³/mol. The Labute approximate surface area is 78.6 Å². The number of hydrogen-bond donors (Lipinski definition) is 2. The van der Waals surface area contributed by atoms with E-state index in [1.165, 1.54) is 18.6 Å². The molecule has 0 unspecified atom stereocenters. The van der Waals surface area contributed by atoms with Crippen molar-refractivity contribution in [3.05, 3.63) is 0 Å². The SMILES string of the molecule is CCNC(=S)NN=C1CCCC1. The molecular formula is C8H15N3S. The molecule has 1 rings (SSSR count). The zero-order chi connectivity index (χ0) is 8.81. The highest BCUT2D eigenvalue weighted by molar-refractivity contribution is 7.80. The molecule has 0 radical (unpaired) electrons. The standard InChI is InChI=1S/C8H15N3S/c1-2-9-8(12)11-10-7-5-3-4-6-7/h2-6H2,1H3,(H2,9,11,12). The summed E-state index contributed by atoms with van der Waals surface area (Å²) in [5.41, 5.74) is 4.08. The van der Waals surface area contributed by atoms with Crippen LogP contribution < -0.4 is 10.7 Å². The number of rotatable bonds is 2. The second kappa shape index (κ2) is 5.09. The van der Waals surface area contributed by atoms with Crippen molar-refractivity contribution in [3.63, 3.8) is 0 Å². The van der Waals surface area contributed by atoms with Gasteiger partial charge in [-0.1, -0.05) is 0 Å². The molecule has 1 fully saturated rings. The maximum Gasteiger partial charge on any atom is 0.186 e. The molecule has 4 heteroatoms. The molecule has 0 aromatic carbocycles. The average molecular weight is 185 g/mol. The minimum absolute atomic E-state index is 0.622. The first-order chi connectivity index (χ1) is 5.83. The summed E-state index contributed by atoms with van der Waals surface area (Å²) in [5, 5.41) is 7.81. The van der Waals surface area contributed by atoms with E-state index in [1.54, 1.807) is 0 Å². The lowest BCUT2D eigenvalue weighted by molar-refractivity contribution is 0.886. The molecular weight excluding hydrogens is 170 g/mol. The Hall–Kier alpha value is -0.640. The minimum Gasteiger partial charge on any atom is -0.362 e. The van der Waals surface area contributed by atoms with Crippen LogP contribution in [0.3, 0.4) is 0 Å². The van der Waals surface area contributed by atoms with Crippen LogP contribution in [0.1, 0.15) is 32.6 Å². The molecule has 68 valence electrons. The van der Waals surface area contributed by atoms with E-state index in [2.05, 4.69) is 15.8 Å². The second-order valence-electron chi connectivity index (χ2n) is 2.86. The molecule has 0 aliphatic heterocycles. The van der Waals surface area contributed by atoms with E-state index in [0.29, 0.717) is 5.11 Å². The van der Waals surface area contributed by atoms with Gasteiger partial charge in [0.1, 0.15) is 0 Å². The highest BCUT2D eigenvalue weighted by Crippen LogP contribution is 2.13. The van der Waals surface area contributed by atoms with Crippen molar-refractivity contribution in [3.8, 4) is 0 Å². The smallest absolute Gasteiger partial charge is 0.186 e. The average Bonchev–Trinajstić information content (AvgIpc) is 2.53. The van der Waals surface area contributed by atoms with Crippen LogP contribution in [0, 0.1) is 0 Å². The van der Waals surface area contributed by atoms with E-state index in [1.807, 2.05) is 6.92 Å². The Morgan fingerprint density at radius 2 is 2.17 bits per heavy atom. The Morgan fingerprint density at radius 1 is 1.50 bits per heavy atom. The lowest BCUT2D eigenvalue weighted by Crippen LogP contribution is -2.32. The van der Waals surface area contributed by atoms with E-state index < -0.39 is 0 Å². The molecule has 0 amide bonds. The highest BCUT2D eigenvalue weighted by Gasteiger charge is 2.07. The summed E-state index contributed by atoms with van der Waals surface area (Å²) in [5.74, 6) is 0. The lowest BCUT2D eigenvalue weighted by atomic mass is 10.3. The minimum atomic E-state index is 0.622. The fourth-order valence-electron chi connectivity index (χ4n) is 1.22. The van der Waals surface area contributed by atoms with Crippen molar-refractivity contribution in [2.45, 2.75) is 32.6 Å². The van der Waals surface area contributed by atoms with Gasteiger partial charge in [0.2, 0.25) is 0 Å². The Bertz CT molecular complexity index is 181. The first kappa shape index (κ1) is 9.45. The van der Waals surface area contributed by atoms with Gasteiger partial charge in [-0.25, -0.2) is 0 Å². The molecule has 3 nitrogen and oxygen atoms in total. The van der Waals surface area contributed by atoms with E-state index in [-0.39, 0.29) is 0 Å². The second-order valence-corrected chi connectivity index (χ2v) is 3.26. The maximum atomic E-state index is 4.96. The largest absolute Gasteiger partial charge is 0.362 e. The molecule has 0 bridgehead atoms. The number of hydrogen-bond acceptors (Lipinski definition) is 2. The fourth-order valence-corrected chi connectivity index (χ4v) is 1.41. The van der Waals surface area contributed by atoms with Crippen LogP contribution in [0.2, 0.25) is 0 Å². The van der Waals surface area contributed by atoms with Gasteiger partial charge in [0.25, 0.3) is 0 Å². The van der Waals surface area contributed by atoms with Crippen LogP contribution in [0.5, 0.6) is 0 Å². The van der Waals surface area contributed by atoms with Crippen LogP contribution in [-0.4, -0.2) is 17.4 Å². The summed E-state index contributed by atoms with van der Waals surface area (Å²) in [4.78, 5) is 0. The number of thiocarbonyl (C=S) groups is 1. The van der Waals surface area contributed by atoms with Crippen LogP contribution >= 0.6 is 12.2 Å². The fraction of sp³-hybridized carbons (Fsp3) is 0.750. The van der Waals surface area contributed by atoms with Crippen LogP contribution in [-0.2, 0) is 0 Å². The number of nitrogens with one attached hydrogen (secondary N) is 2. The van der Waals surface area contributed by atoms with Gasteiger partial charge < -0.3 is 5.32 Å². The molecule has 1 aliphatic rings. The molecule has 0 aromatic rings. The van der Waals surface area contributed by atoms with Crippen molar-refractivity contribution in [2.24, 2.45) is 5.10 Å². The van der Waals surface area contributed by atoms with E-state index in [9.17, 15) is 0 Å². The monoisotopic (exact) mass is 185 g/mol. The van der Waals surface area contributed by atoms with Crippen LogP contribution in [0.4, 0.5) is 0 Å². The summed E-state index contributed by atoms with van der Waals surface area (Å²) in [6.07, 6.45) is 4.80. The number of hydrazone groups is 1. The van der Waals surface area contributed by atoms with Crippen LogP contribution in [0.25, 0.3) is 0 Å². The molecule has 0 spiro atoms. The first-order valence-electron chi connectivity index (χ1n) is 4.42. The van der Waals surface area contributed by atoms with Crippen molar-refractivity contribution < 1.29 is 0 Å². The van der Waals surface area contributed by atoms with E-state index in [4.69, 9.17) is 12.2 Å². The van der Waals surface area contributed by atoms with Crippen LogP contribution in [0.15, 0.2) is 5.10 Å². The summed E-state index contributed by atoms with van der Waals surface area (Å²) >= 11 is 4.96. The molecule has 1 aliphatic carbocycles. The molecule has 0 heterocycles. The van der Waals surface area contributed by atoms with Gasteiger partial charge in [0, 0.05) is 12.3 Å². The summed E-state index contributed by atoms with van der Waals surface area (Å²) in [7, 11) is 0. The quantitative estimate of drug-likeness (QED) is 0.504. The third-order valence-electron chi connectivity index (χ3n) is 1.83. The molecule has 12 heavy (non-hydrogen) atoms. The van der Waals surface area contributed by atoms with Gasteiger partial charge in [-0.3, -0.25) is 5.43 Å². The van der Waals surface area contributed by atoms with Crippen molar-refractivity contribution in [1.29, 1.82) is 0 Å². The Balaban J connectivity index is 2.22. The van der Waals surface area contributed by atoms with Gasteiger partial charge in [-0.05, 0) is 44.8 Å². The summed E-state index contributed by atoms with van der Waals surface area (Å²) in [6.45, 7) is 2.85. The molecule has 0 atom stereocenters. The Kier molecular flexibility index (Phi) is 4.00. The van der Waals surface area contributed by atoms with Gasteiger partial charge in [-0.2, -0.15) is 5.10 Å². The maximum absolute atomic E-state index is 4.96. The van der Waals surface area contributed by atoms with Gasteiger partial charge in [-0.15, -0.1) is 0 Å². The van der Waals surface area contributed by atoms with Crippen molar-refractivity contribution >= 4 is 23.0 Å². The van der Waals surface area contributed by atoms with E-state index >= 15 is 0 Å². The molecule has 0 saturated heterocycles. The van der Waals surface area contributed by atoms with Gasteiger partial charge in [0.05, 0.1) is 0 Å². The zero-order valence-electron chi connectivity index (χ0n) is 7.39. The Morgan fingerprint density at radius 3 is 2.75 bits per heavy atom. The highest BCUT2D eigenvalue weighted by atomic mass is 32.1. The van der Waals surface area contributed by atoms with Gasteiger partial charge in [0.15, 0.2) is 5.11 Å². The zero-order valence-corrected chi connectivity index (χ0v) is 8.21. The van der Waals surface area contributed by atoms with Crippen molar-refractivity contribution in [2.75, 3.05) is 6.54 Å². The molecule has 0 aromatic heterocycles. The van der Waals surface area contributed by atoms with Gasteiger partial charge >= 0.3 is 0 Å². The topological polar surface area (TPSA) is 36.4 Å². The third-order valence-corrected chi connectivity index (χ3v) is 2.07. The summed E-state index contributed by atoms with van der Waals surface area (Å²) < 4.78 is 0. The number of nitrogens with zero attached hydrogens (tertiary/aromatic N) is 1. The molecule has 2 N–H and O–H groups in total. The normalized spacial score (nSPS) is 15.9.